The van der Waals surface area contributed by atoms with E-state index in [-0.39, 0.29) is 5.56 Å². The van der Waals surface area contributed by atoms with Crippen molar-refractivity contribution in [1.29, 1.82) is 0 Å². The molecule has 0 aliphatic carbocycles. The fourth-order valence-electron chi connectivity index (χ4n) is 2.00. The first-order valence-corrected chi connectivity index (χ1v) is 6.85. The normalized spacial score (nSPS) is 11.0. The smallest absolute Gasteiger partial charge is 0.337 e. The molecule has 1 heterocycles. The van der Waals surface area contributed by atoms with Crippen LogP contribution in [-0.2, 0) is 11.3 Å². The van der Waals surface area contributed by atoms with Gasteiger partial charge in [0.05, 0.1) is 23.6 Å². The van der Waals surface area contributed by atoms with Gasteiger partial charge in [-0.1, -0.05) is 0 Å². The van der Waals surface area contributed by atoms with Crippen LogP contribution in [0.15, 0.2) is 23.0 Å². The van der Waals surface area contributed by atoms with Crippen molar-refractivity contribution in [3.8, 4) is 0 Å². The molecule has 0 atom stereocenters. The number of H-pyrrole nitrogens is 1. The van der Waals surface area contributed by atoms with E-state index in [1.54, 1.807) is 18.2 Å². The van der Waals surface area contributed by atoms with E-state index < -0.39 is 5.97 Å². The predicted octanol–water partition coefficient (Wildman–Crippen LogP) is 1.41. The monoisotopic (exact) mass is 307 g/mol. The molecule has 112 valence electrons. The number of nitrogens with one attached hydrogen (secondary N) is 1. The van der Waals surface area contributed by atoms with Gasteiger partial charge in [0.1, 0.15) is 0 Å². The van der Waals surface area contributed by atoms with Crippen LogP contribution in [0.3, 0.4) is 0 Å². The summed E-state index contributed by atoms with van der Waals surface area (Å²) in [6, 6.07) is 4.76. The number of aromatic amines is 1. The molecule has 0 radical (unpaired) electrons. The molecule has 1 N–H and O–H groups in total. The van der Waals surface area contributed by atoms with E-state index in [0.29, 0.717) is 34.3 Å². The third-order valence-electron chi connectivity index (χ3n) is 3.17. The van der Waals surface area contributed by atoms with Gasteiger partial charge in [0.2, 0.25) is 0 Å². The Labute approximate surface area is 127 Å². The van der Waals surface area contributed by atoms with Crippen LogP contribution in [0.5, 0.6) is 0 Å². The quantitative estimate of drug-likeness (QED) is 0.683. The summed E-state index contributed by atoms with van der Waals surface area (Å²) in [4.78, 5) is 28.9. The minimum Gasteiger partial charge on any atom is -0.465 e. The molecule has 21 heavy (non-hydrogen) atoms. The molecule has 0 bridgehead atoms. The summed E-state index contributed by atoms with van der Waals surface area (Å²) in [6.07, 6.45) is 0. The zero-order valence-corrected chi connectivity index (χ0v) is 13.0. The first-order chi connectivity index (χ1) is 9.93. The van der Waals surface area contributed by atoms with E-state index in [4.69, 9.17) is 12.2 Å². The van der Waals surface area contributed by atoms with Crippen molar-refractivity contribution in [3.63, 3.8) is 0 Å². The van der Waals surface area contributed by atoms with Crippen molar-refractivity contribution in [3.05, 3.63) is 38.9 Å². The molecular formula is C14H17N3O3S. The maximum absolute atomic E-state index is 12.5. The minimum absolute atomic E-state index is 0.160. The fourth-order valence-corrected chi connectivity index (χ4v) is 2.29. The van der Waals surface area contributed by atoms with Crippen LogP contribution in [0.2, 0.25) is 0 Å². The Hall–Kier alpha value is -1.99. The number of esters is 1. The number of hydrogen-bond acceptors (Lipinski definition) is 5. The van der Waals surface area contributed by atoms with Crippen molar-refractivity contribution in [2.45, 2.75) is 6.54 Å². The summed E-state index contributed by atoms with van der Waals surface area (Å²) >= 11 is 5.23. The molecular weight excluding hydrogens is 290 g/mol. The lowest BCUT2D eigenvalue weighted by molar-refractivity contribution is 0.0601. The number of carbonyl (C=O) groups excluding carboxylic acids is 1. The van der Waals surface area contributed by atoms with Crippen molar-refractivity contribution in [2.75, 3.05) is 27.7 Å². The molecule has 7 heteroatoms. The van der Waals surface area contributed by atoms with Gasteiger partial charge in [-0.05, 0) is 44.5 Å². The van der Waals surface area contributed by atoms with Gasteiger partial charge in [0.25, 0.3) is 5.56 Å². The topological polar surface area (TPSA) is 67.3 Å². The van der Waals surface area contributed by atoms with Gasteiger partial charge in [0, 0.05) is 13.1 Å². The molecule has 1 aromatic heterocycles. The lowest BCUT2D eigenvalue weighted by Crippen LogP contribution is -2.28. The Morgan fingerprint density at radius 3 is 2.76 bits per heavy atom. The number of ether oxygens (including phenoxy) is 1. The summed E-state index contributed by atoms with van der Waals surface area (Å²) in [6.45, 7) is 1.22. The van der Waals surface area contributed by atoms with Crippen LogP contribution < -0.4 is 5.56 Å². The molecule has 2 rings (SSSR count). The van der Waals surface area contributed by atoms with Gasteiger partial charge in [-0.15, -0.1) is 0 Å². The summed E-state index contributed by atoms with van der Waals surface area (Å²) in [7, 11) is 5.18. The highest BCUT2D eigenvalue weighted by Gasteiger charge is 2.10. The average Bonchev–Trinajstić information content (AvgIpc) is 2.45. The van der Waals surface area contributed by atoms with Gasteiger partial charge in [0.15, 0.2) is 4.77 Å². The number of likely N-dealkylation sites (N-methyl/N-ethyl adjacent to an activating group) is 1. The molecule has 0 saturated carbocycles. The molecule has 0 aliphatic heterocycles. The number of fused-ring (bicyclic) bond motifs is 1. The molecule has 6 nitrogen and oxygen atoms in total. The lowest BCUT2D eigenvalue weighted by Gasteiger charge is -2.12. The van der Waals surface area contributed by atoms with E-state index in [1.165, 1.54) is 11.7 Å². The third kappa shape index (κ3) is 3.20. The zero-order valence-electron chi connectivity index (χ0n) is 12.2. The molecule has 1 aromatic carbocycles. The Morgan fingerprint density at radius 1 is 1.43 bits per heavy atom. The Morgan fingerprint density at radius 2 is 2.14 bits per heavy atom. The average molecular weight is 307 g/mol. The van der Waals surface area contributed by atoms with Gasteiger partial charge in [-0.2, -0.15) is 0 Å². The number of methoxy groups -OCH3 is 1. The second-order valence-electron chi connectivity index (χ2n) is 4.94. The molecule has 0 amide bonds. The first kappa shape index (κ1) is 15.4. The summed E-state index contributed by atoms with van der Waals surface area (Å²) in [5, 5.41) is 0.495. The molecule has 0 saturated heterocycles. The van der Waals surface area contributed by atoms with Crippen molar-refractivity contribution >= 4 is 29.1 Å². The second kappa shape index (κ2) is 6.19. The van der Waals surface area contributed by atoms with Crippen LogP contribution in [0, 0.1) is 4.77 Å². The summed E-state index contributed by atoms with van der Waals surface area (Å²) in [5.74, 6) is -0.451. The number of carbonyl (C=O) groups is 1. The third-order valence-corrected chi connectivity index (χ3v) is 3.50. The maximum atomic E-state index is 12.5. The highest BCUT2D eigenvalue weighted by molar-refractivity contribution is 7.71. The molecule has 0 unspecified atom stereocenters. The molecule has 0 fully saturated rings. The van der Waals surface area contributed by atoms with E-state index in [1.807, 2.05) is 19.0 Å². The van der Waals surface area contributed by atoms with Crippen LogP contribution in [-0.4, -0.2) is 48.2 Å². The van der Waals surface area contributed by atoms with Crippen molar-refractivity contribution in [1.82, 2.24) is 14.5 Å². The first-order valence-electron chi connectivity index (χ1n) is 6.44. The number of nitrogens with zero attached hydrogens (tertiary/aromatic N) is 2. The summed E-state index contributed by atoms with van der Waals surface area (Å²) in [5.41, 5.74) is 0.752. The van der Waals surface area contributed by atoms with E-state index >= 15 is 0 Å². The number of benzene rings is 1. The van der Waals surface area contributed by atoms with Crippen LogP contribution in [0.1, 0.15) is 10.4 Å². The highest BCUT2D eigenvalue weighted by atomic mass is 32.1. The second-order valence-corrected chi connectivity index (χ2v) is 5.33. The van der Waals surface area contributed by atoms with Crippen LogP contribution in [0.25, 0.3) is 10.9 Å². The highest BCUT2D eigenvalue weighted by Crippen LogP contribution is 2.11. The van der Waals surface area contributed by atoms with Crippen LogP contribution >= 0.6 is 12.2 Å². The SMILES string of the molecule is COC(=O)c1ccc2c(=O)n(CCN(C)C)c(=S)[nH]c2c1. The van der Waals surface area contributed by atoms with E-state index in [9.17, 15) is 9.59 Å². The van der Waals surface area contributed by atoms with Gasteiger partial charge < -0.3 is 14.6 Å². The Balaban J connectivity index is 2.55. The van der Waals surface area contributed by atoms with Crippen molar-refractivity contribution < 1.29 is 9.53 Å². The minimum atomic E-state index is -0.451. The van der Waals surface area contributed by atoms with Crippen LogP contribution in [0.4, 0.5) is 0 Å². The lowest BCUT2D eigenvalue weighted by atomic mass is 10.1. The number of rotatable bonds is 4. The van der Waals surface area contributed by atoms with Gasteiger partial charge in [-0.3, -0.25) is 9.36 Å². The molecule has 2 aromatic rings. The standard InChI is InChI=1S/C14H17N3O3S/c1-16(2)6-7-17-12(18)10-5-4-9(13(19)20-3)8-11(10)15-14(17)21/h4-5,8H,6-7H2,1-3H3,(H,15,21). The Bertz CT molecular complexity index is 792. The van der Waals surface area contributed by atoms with Gasteiger partial charge >= 0.3 is 5.97 Å². The summed E-state index contributed by atoms with van der Waals surface area (Å²) < 4.78 is 6.53. The Kier molecular flexibility index (Phi) is 4.54. The maximum Gasteiger partial charge on any atom is 0.337 e. The molecule has 0 spiro atoms. The van der Waals surface area contributed by atoms with E-state index in [0.717, 1.165) is 0 Å². The zero-order chi connectivity index (χ0) is 15.6. The largest absolute Gasteiger partial charge is 0.465 e. The predicted molar refractivity (Wildman–Crippen MR) is 83.3 cm³/mol. The number of aromatic nitrogens is 2. The van der Waals surface area contributed by atoms with Gasteiger partial charge in [-0.25, -0.2) is 4.79 Å². The molecule has 0 aliphatic rings. The van der Waals surface area contributed by atoms with E-state index in [2.05, 4.69) is 9.72 Å². The fraction of sp³-hybridized carbons (Fsp3) is 0.357. The van der Waals surface area contributed by atoms with Crippen molar-refractivity contribution in [2.24, 2.45) is 0 Å². The number of hydrogen-bond donors (Lipinski definition) is 1.